The zero-order chi connectivity index (χ0) is 30.5. The van der Waals surface area contributed by atoms with Gasteiger partial charge in [0.2, 0.25) is 0 Å². The summed E-state index contributed by atoms with van der Waals surface area (Å²) in [6.07, 6.45) is 6.14. The molecule has 2 fully saturated rings. The first-order chi connectivity index (χ1) is 21.4. The number of aryl methyl sites for hydroxylation is 1. The minimum absolute atomic E-state index is 0.222. The molecule has 0 spiro atoms. The van der Waals surface area contributed by atoms with Crippen molar-refractivity contribution in [2.45, 2.75) is 57.3 Å². The lowest BCUT2D eigenvalue weighted by atomic mass is 9.83. The van der Waals surface area contributed by atoms with Gasteiger partial charge in [-0.2, -0.15) is 0 Å². The summed E-state index contributed by atoms with van der Waals surface area (Å²) in [7, 11) is 0. The number of unbranched alkanes of at least 4 members (excludes halogenated alkanes) is 1. The van der Waals surface area contributed by atoms with Gasteiger partial charge >= 0.3 is 0 Å². The van der Waals surface area contributed by atoms with Gasteiger partial charge in [-0.15, -0.1) is 0 Å². The van der Waals surface area contributed by atoms with Gasteiger partial charge in [-0.3, -0.25) is 14.6 Å². The van der Waals surface area contributed by atoms with Crippen molar-refractivity contribution in [1.29, 1.82) is 0 Å². The number of ketones is 1. The van der Waals surface area contributed by atoms with Gasteiger partial charge in [-0.1, -0.05) is 65.7 Å². The number of rotatable bonds is 11. The van der Waals surface area contributed by atoms with Crippen LogP contribution in [0, 0.1) is 0 Å². The number of nitrogens with one attached hydrogen (secondary N) is 1. The highest BCUT2D eigenvalue weighted by atomic mass is 35.5. The van der Waals surface area contributed by atoms with Crippen LogP contribution in [0.25, 0.3) is 22.0 Å². The van der Waals surface area contributed by atoms with Gasteiger partial charge in [0.25, 0.3) is 0 Å². The van der Waals surface area contributed by atoms with E-state index < -0.39 is 5.54 Å². The van der Waals surface area contributed by atoms with Gasteiger partial charge in [0.1, 0.15) is 0 Å². The first-order valence-electron chi connectivity index (χ1n) is 16.0. The molecule has 0 unspecified atom stereocenters. The predicted octanol–water partition coefficient (Wildman–Crippen LogP) is 6.75. The topological polar surface area (TPSA) is 66.5 Å². The van der Waals surface area contributed by atoms with Gasteiger partial charge in [0, 0.05) is 90.5 Å². The van der Waals surface area contributed by atoms with Crippen LogP contribution in [0.1, 0.15) is 43.2 Å². The van der Waals surface area contributed by atoms with E-state index in [1.807, 2.05) is 18.2 Å². The molecule has 0 radical (unpaired) electrons. The maximum atomic E-state index is 12.9. The third kappa shape index (κ3) is 7.23. The molecular weight excluding hydrogens is 589 g/mol. The van der Waals surface area contributed by atoms with Crippen molar-refractivity contribution >= 4 is 39.9 Å². The Hall–Kier alpha value is -2.71. The van der Waals surface area contributed by atoms with Crippen LogP contribution < -0.4 is 11.1 Å². The fourth-order valence-corrected chi connectivity index (χ4v) is 7.23. The lowest BCUT2D eigenvalue weighted by Crippen LogP contribution is -2.54. The number of aromatic nitrogens is 1. The second kappa shape index (κ2) is 14.2. The van der Waals surface area contributed by atoms with Gasteiger partial charge in [-0.05, 0) is 74.2 Å². The van der Waals surface area contributed by atoms with Crippen molar-refractivity contribution in [2.24, 2.45) is 5.73 Å². The summed E-state index contributed by atoms with van der Waals surface area (Å²) < 4.78 is 2.37. The molecule has 3 aromatic carbocycles. The molecule has 3 heterocycles. The summed E-state index contributed by atoms with van der Waals surface area (Å²) >= 11 is 12.9. The van der Waals surface area contributed by atoms with Crippen LogP contribution in [0.5, 0.6) is 0 Å². The largest absolute Gasteiger partial charge is 0.347 e. The summed E-state index contributed by atoms with van der Waals surface area (Å²) in [5.74, 6) is 0.222. The second-order valence-corrected chi connectivity index (χ2v) is 13.3. The molecule has 44 heavy (non-hydrogen) atoms. The lowest BCUT2D eigenvalue weighted by Gasteiger charge is -2.35. The third-order valence-electron chi connectivity index (χ3n) is 9.45. The van der Waals surface area contributed by atoms with Crippen LogP contribution in [-0.4, -0.2) is 65.0 Å². The Balaban J connectivity index is 1.11. The number of piperazine rings is 1. The van der Waals surface area contributed by atoms with Gasteiger partial charge < -0.3 is 15.6 Å². The molecule has 0 aliphatic carbocycles. The Kier molecular flexibility index (Phi) is 10.1. The number of hydrogen-bond donors (Lipinski definition) is 2. The van der Waals surface area contributed by atoms with E-state index in [0.717, 1.165) is 100 Å². The summed E-state index contributed by atoms with van der Waals surface area (Å²) in [5.41, 5.74) is 11.9. The summed E-state index contributed by atoms with van der Waals surface area (Å²) in [6.45, 7) is 8.23. The zero-order valence-electron chi connectivity index (χ0n) is 25.4. The van der Waals surface area contributed by atoms with E-state index in [9.17, 15) is 4.79 Å². The van der Waals surface area contributed by atoms with Crippen molar-refractivity contribution in [3.05, 3.63) is 94.1 Å². The van der Waals surface area contributed by atoms with Crippen LogP contribution in [-0.2, 0) is 24.4 Å². The lowest BCUT2D eigenvalue weighted by molar-refractivity contribution is -0.125. The molecule has 1 aromatic heterocycles. The number of hydrogen-bond acceptors (Lipinski definition) is 5. The molecule has 2 aliphatic heterocycles. The Morgan fingerprint density at radius 2 is 1.52 bits per heavy atom. The average Bonchev–Trinajstić information content (AvgIpc) is 3.40. The first-order valence-corrected chi connectivity index (χ1v) is 16.7. The number of nitrogens with zero attached hydrogens (tertiary/aromatic N) is 3. The maximum absolute atomic E-state index is 12.9. The summed E-state index contributed by atoms with van der Waals surface area (Å²) in [6, 6.07) is 23.3. The smallest absolute Gasteiger partial charge is 0.152 e. The molecule has 3 N–H and O–H groups in total. The van der Waals surface area contributed by atoms with Crippen molar-refractivity contribution in [2.75, 3.05) is 39.3 Å². The number of carbonyl (C=O) groups excluding carboxylic acids is 1. The number of fused-ring (bicyclic) bond motifs is 1. The van der Waals surface area contributed by atoms with Gasteiger partial charge in [0.15, 0.2) is 5.78 Å². The summed E-state index contributed by atoms with van der Waals surface area (Å²) in [4.78, 5) is 17.9. The molecule has 0 bridgehead atoms. The monoisotopic (exact) mass is 631 g/mol. The number of Topliss-reactive ketones (excluding diaryl/α,β-unsaturated/α-hetero) is 1. The minimum atomic E-state index is -0.641. The van der Waals surface area contributed by atoms with E-state index >= 15 is 0 Å². The molecule has 4 aromatic rings. The third-order valence-corrected chi connectivity index (χ3v) is 10.2. The van der Waals surface area contributed by atoms with Crippen LogP contribution in [0.4, 0.5) is 0 Å². The Bertz CT molecular complexity index is 1550. The van der Waals surface area contributed by atoms with Crippen molar-refractivity contribution in [3.63, 3.8) is 0 Å². The fraction of sp³-hybridized carbons (Fsp3) is 0.417. The molecule has 232 valence electrons. The Morgan fingerprint density at radius 1 is 0.841 bits per heavy atom. The minimum Gasteiger partial charge on any atom is -0.347 e. The molecule has 6 rings (SSSR count). The van der Waals surface area contributed by atoms with Crippen molar-refractivity contribution < 1.29 is 4.79 Å². The van der Waals surface area contributed by atoms with E-state index in [0.29, 0.717) is 6.42 Å². The van der Waals surface area contributed by atoms with Crippen LogP contribution in [0.3, 0.4) is 0 Å². The highest BCUT2D eigenvalue weighted by Gasteiger charge is 2.34. The zero-order valence-corrected chi connectivity index (χ0v) is 26.9. The quantitative estimate of drug-likeness (QED) is 0.179. The van der Waals surface area contributed by atoms with E-state index in [-0.39, 0.29) is 5.78 Å². The summed E-state index contributed by atoms with van der Waals surface area (Å²) in [5, 5.41) is 6.07. The number of nitrogens with two attached hydrogens (primary N) is 1. The Labute approximate surface area is 271 Å². The molecule has 2 aliphatic rings. The molecule has 6 nitrogen and oxygen atoms in total. The molecule has 2 saturated heterocycles. The predicted molar refractivity (Wildman–Crippen MR) is 182 cm³/mol. The van der Waals surface area contributed by atoms with Crippen molar-refractivity contribution in [3.8, 4) is 11.1 Å². The SMILES string of the molecule is NC1(C(=O)CCCCn2cc(-c3ccccc3)c3cc(CN4CCN(Cc5c(Cl)cccc5Cl)CC4)ccc32)CCNCC1. The standard InChI is InChI=1S/C36H43Cl2N5O/c37-32-9-6-10-33(38)31(32)25-42-21-19-41(20-22-42)24-27-12-13-34-29(23-27)30(28-7-2-1-3-8-28)26-43(34)18-5-4-11-35(44)36(39)14-16-40-17-15-36/h1-3,6-10,12-13,23,26,40H,4-5,11,14-22,24-25,39H2. The normalized spacial score (nSPS) is 17.7. The Morgan fingerprint density at radius 3 is 2.23 bits per heavy atom. The van der Waals surface area contributed by atoms with Crippen LogP contribution in [0.2, 0.25) is 10.0 Å². The number of piperidine rings is 1. The molecular formula is C36H43Cl2N5O. The second-order valence-electron chi connectivity index (χ2n) is 12.5. The van der Waals surface area contributed by atoms with Crippen LogP contribution >= 0.6 is 23.2 Å². The maximum Gasteiger partial charge on any atom is 0.152 e. The van der Waals surface area contributed by atoms with E-state index in [4.69, 9.17) is 28.9 Å². The molecule has 0 amide bonds. The molecule has 0 atom stereocenters. The number of benzene rings is 3. The molecule has 0 saturated carbocycles. The van der Waals surface area contributed by atoms with Crippen molar-refractivity contribution in [1.82, 2.24) is 19.7 Å². The average molecular weight is 633 g/mol. The molecule has 8 heteroatoms. The van der Waals surface area contributed by atoms with E-state index in [1.54, 1.807) is 0 Å². The van der Waals surface area contributed by atoms with Gasteiger partial charge in [-0.25, -0.2) is 0 Å². The number of carbonyl (C=O) groups is 1. The number of halogens is 2. The highest BCUT2D eigenvalue weighted by Crippen LogP contribution is 2.33. The van der Waals surface area contributed by atoms with E-state index in [2.05, 4.69) is 74.4 Å². The fourth-order valence-electron chi connectivity index (χ4n) is 6.71. The highest BCUT2D eigenvalue weighted by molar-refractivity contribution is 6.35. The van der Waals surface area contributed by atoms with Gasteiger partial charge in [0.05, 0.1) is 5.54 Å². The van der Waals surface area contributed by atoms with E-state index in [1.165, 1.54) is 27.6 Å². The van der Waals surface area contributed by atoms with Crippen LogP contribution in [0.15, 0.2) is 72.9 Å². The first kappa shape index (κ1) is 31.3.